The van der Waals surface area contributed by atoms with Gasteiger partial charge in [-0.25, -0.2) is 0 Å². The summed E-state index contributed by atoms with van der Waals surface area (Å²) in [5.74, 6) is -0.447. The smallest absolute Gasteiger partial charge is 0.366 e. The molecule has 112 valence electrons. The molecule has 0 radical (unpaired) electrons. The average Bonchev–Trinajstić information content (AvgIpc) is 2.32. The molecule has 1 aromatic carbocycles. The minimum Gasteiger partial charge on any atom is -0.366 e. The maximum atomic E-state index is 12.7. The first-order valence-electron chi connectivity index (χ1n) is 6.15. The lowest BCUT2D eigenvalue weighted by Gasteiger charge is -2.19. The van der Waals surface area contributed by atoms with Crippen molar-refractivity contribution in [1.82, 2.24) is 5.32 Å². The summed E-state index contributed by atoms with van der Waals surface area (Å²) >= 11 is 0. The third-order valence-electron chi connectivity index (χ3n) is 2.44. The van der Waals surface area contributed by atoms with Gasteiger partial charge in [-0.2, -0.15) is 13.2 Å². The fraction of sp³-hybridized carbons (Fsp3) is 0.500. The average molecular weight is 289 g/mol. The number of ether oxygens (including phenoxy) is 1. The second kappa shape index (κ2) is 6.26. The Morgan fingerprint density at radius 1 is 1.20 bits per heavy atom. The fourth-order valence-corrected chi connectivity index (χ4v) is 1.48. The summed E-state index contributed by atoms with van der Waals surface area (Å²) in [6.45, 7) is 5.01. The predicted molar refractivity (Wildman–Crippen MR) is 69.0 cm³/mol. The molecule has 0 fully saturated rings. The Morgan fingerprint density at radius 2 is 1.80 bits per heavy atom. The van der Waals surface area contributed by atoms with Crippen LogP contribution >= 0.6 is 0 Å². The fourth-order valence-electron chi connectivity index (χ4n) is 1.48. The number of benzene rings is 1. The van der Waals surface area contributed by atoms with Crippen molar-refractivity contribution in [3.05, 3.63) is 35.4 Å². The van der Waals surface area contributed by atoms with E-state index in [1.165, 1.54) is 18.2 Å². The van der Waals surface area contributed by atoms with Gasteiger partial charge in [0.15, 0.2) is 0 Å². The zero-order chi connectivity index (χ0) is 15.4. The second-order valence-electron chi connectivity index (χ2n) is 5.33. The van der Waals surface area contributed by atoms with Crippen molar-refractivity contribution in [2.24, 2.45) is 0 Å². The molecule has 0 aliphatic heterocycles. The zero-order valence-electron chi connectivity index (χ0n) is 11.7. The number of rotatable bonds is 4. The Labute approximate surface area is 116 Å². The summed E-state index contributed by atoms with van der Waals surface area (Å²) in [7, 11) is 0. The highest BCUT2D eigenvalue weighted by Crippen LogP contribution is 2.31. The highest BCUT2D eigenvalue weighted by atomic mass is 19.4. The molecule has 1 aromatic rings. The molecule has 1 rings (SSSR count). The molecule has 0 saturated heterocycles. The van der Waals surface area contributed by atoms with E-state index < -0.39 is 23.2 Å². The van der Waals surface area contributed by atoms with Gasteiger partial charge < -0.3 is 10.1 Å². The summed E-state index contributed by atoms with van der Waals surface area (Å²) < 4.78 is 43.5. The molecule has 20 heavy (non-hydrogen) atoms. The van der Waals surface area contributed by atoms with E-state index in [9.17, 15) is 18.0 Å². The quantitative estimate of drug-likeness (QED) is 0.924. The van der Waals surface area contributed by atoms with E-state index in [0.717, 1.165) is 6.07 Å². The van der Waals surface area contributed by atoms with Crippen LogP contribution in [-0.4, -0.2) is 18.1 Å². The largest absolute Gasteiger partial charge is 0.416 e. The van der Waals surface area contributed by atoms with Crippen LogP contribution in [0.4, 0.5) is 13.2 Å². The predicted octanol–water partition coefficient (Wildman–Crippen LogP) is 3.14. The number of amides is 1. The molecule has 0 bridgehead atoms. The summed E-state index contributed by atoms with van der Waals surface area (Å²) in [6.07, 6.45) is -4.43. The van der Waals surface area contributed by atoms with Gasteiger partial charge in [0.2, 0.25) is 5.91 Å². The van der Waals surface area contributed by atoms with Gasteiger partial charge in [0, 0.05) is 6.54 Å². The van der Waals surface area contributed by atoms with Crippen LogP contribution in [0.25, 0.3) is 0 Å². The van der Waals surface area contributed by atoms with Crippen molar-refractivity contribution < 1.29 is 22.7 Å². The minimum absolute atomic E-state index is 0.0316. The van der Waals surface area contributed by atoms with E-state index in [4.69, 9.17) is 4.74 Å². The summed E-state index contributed by atoms with van der Waals surface area (Å²) in [6, 6.07) is 5.15. The van der Waals surface area contributed by atoms with E-state index in [-0.39, 0.29) is 18.7 Å². The van der Waals surface area contributed by atoms with E-state index in [0.29, 0.717) is 0 Å². The molecule has 0 saturated carbocycles. The molecule has 0 spiro atoms. The van der Waals surface area contributed by atoms with Gasteiger partial charge in [-0.1, -0.05) is 18.2 Å². The van der Waals surface area contributed by atoms with Crippen LogP contribution in [0.3, 0.4) is 0 Å². The van der Waals surface area contributed by atoms with Gasteiger partial charge in [-0.3, -0.25) is 4.79 Å². The van der Waals surface area contributed by atoms with E-state index >= 15 is 0 Å². The van der Waals surface area contributed by atoms with Gasteiger partial charge in [-0.05, 0) is 32.4 Å². The molecule has 0 atom stereocenters. The molecule has 0 heterocycles. The monoisotopic (exact) mass is 289 g/mol. The molecule has 0 aliphatic carbocycles. The zero-order valence-corrected chi connectivity index (χ0v) is 11.7. The molecule has 3 nitrogen and oxygen atoms in total. The molecule has 0 unspecified atom stereocenters. The van der Waals surface area contributed by atoms with Crippen LogP contribution in [0, 0.1) is 0 Å². The normalized spacial score (nSPS) is 12.3. The molecular formula is C14H18F3NO2. The number of hydrogen-bond donors (Lipinski definition) is 1. The van der Waals surface area contributed by atoms with E-state index in [1.807, 2.05) is 0 Å². The van der Waals surface area contributed by atoms with E-state index in [1.54, 1.807) is 20.8 Å². The minimum atomic E-state index is -4.43. The third kappa shape index (κ3) is 5.61. The van der Waals surface area contributed by atoms with Crippen molar-refractivity contribution >= 4 is 5.91 Å². The molecule has 1 amide bonds. The van der Waals surface area contributed by atoms with Crippen LogP contribution in [0.15, 0.2) is 24.3 Å². The Balaban J connectivity index is 2.60. The highest BCUT2D eigenvalue weighted by molar-refractivity contribution is 5.77. The first-order chi connectivity index (χ1) is 9.09. The number of carbonyl (C=O) groups is 1. The van der Waals surface area contributed by atoms with Crippen molar-refractivity contribution in [3.8, 4) is 0 Å². The van der Waals surface area contributed by atoms with Crippen LogP contribution in [0.1, 0.15) is 31.9 Å². The number of halogens is 3. The van der Waals surface area contributed by atoms with Gasteiger partial charge in [0.1, 0.15) is 6.61 Å². The van der Waals surface area contributed by atoms with Gasteiger partial charge >= 0.3 is 6.18 Å². The van der Waals surface area contributed by atoms with Crippen LogP contribution < -0.4 is 5.32 Å². The Hall–Kier alpha value is -1.56. The number of carbonyl (C=O) groups excluding carboxylic acids is 1. The van der Waals surface area contributed by atoms with Crippen LogP contribution in [0.2, 0.25) is 0 Å². The number of alkyl halides is 3. The van der Waals surface area contributed by atoms with Crippen molar-refractivity contribution in [2.75, 3.05) is 6.61 Å². The third-order valence-corrected chi connectivity index (χ3v) is 2.44. The lowest BCUT2D eigenvalue weighted by molar-refractivity contribution is -0.138. The summed E-state index contributed by atoms with van der Waals surface area (Å²) in [4.78, 5) is 11.5. The first-order valence-corrected chi connectivity index (χ1v) is 6.15. The topological polar surface area (TPSA) is 38.3 Å². The Morgan fingerprint density at radius 3 is 2.35 bits per heavy atom. The van der Waals surface area contributed by atoms with Gasteiger partial charge in [-0.15, -0.1) is 0 Å². The Kier molecular flexibility index (Phi) is 5.16. The molecule has 6 heteroatoms. The van der Waals surface area contributed by atoms with Crippen molar-refractivity contribution in [1.29, 1.82) is 0 Å². The lowest BCUT2D eigenvalue weighted by Crippen LogP contribution is -2.32. The van der Waals surface area contributed by atoms with Crippen LogP contribution in [0.5, 0.6) is 0 Å². The molecule has 0 aliphatic rings. The van der Waals surface area contributed by atoms with Crippen molar-refractivity contribution in [2.45, 2.75) is 39.1 Å². The number of nitrogens with one attached hydrogen (secondary N) is 1. The molecule has 1 N–H and O–H groups in total. The summed E-state index contributed by atoms with van der Waals surface area (Å²) in [5, 5.41) is 2.42. The highest BCUT2D eigenvalue weighted by Gasteiger charge is 2.32. The van der Waals surface area contributed by atoms with Crippen molar-refractivity contribution in [3.63, 3.8) is 0 Å². The lowest BCUT2D eigenvalue weighted by atomic mass is 10.1. The van der Waals surface area contributed by atoms with Gasteiger partial charge in [0.25, 0.3) is 0 Å². The van der Waals surface area contributed by atoms with E-state index in [2.05, 4.69) is 5.32 Å². The first kappa shape index (κ1) is 16.5. The second-order valence-corrected chi connectivity index (χ2v) is 5.33. The SMILES string of the molecule is CC(C)(C)OCC(=O)NCc1ccccc1C(F)(F)F. The number of hydrogen-bond acceptors (Lipinski definition) is 2. The molecular weight excluding hydrogens is 271 g/mol. The standard InChI is InChI=1S/C14H18F3NO2/c1-13(2,3)20-9-12(19)18-8-10-6-4-5-7-11(10)14(15,16)17/h4-7H,8-9H2,1-3H3,(H,18,19). The Bertz CT molecular complexity index is 464. The maximum absolute atomic E-state index is 12.7. The maximum Gasteiger partial charge on any atom is 0.416 e. The molecule has 0 aromatic heterocycles. The van der Waals surface area contributed by atoms with Crippen LogP contribution in [-0.2, 0) is 22.3 Å². The van der Waals surface area contributed by atoms with Gasteiger partial charge in [0.05, 0.1) is 11.2 Å². The summed E-state index contributed by atoms with van der Waals surface area (Å²) in [5.41, 5.74) is -1.18.